The van der Waals surface area contributed by atoms with Crippen molar-refractivity contribution in [3.63, 3.8) is 0 Å². The van der Waals surface area contributed by atoms with Gasteiger partial charge in [0, 0.05) is 19.8 Å². The number of aryl methyl sites for hydroxylation is 1. The van der Waals surface area contributed by atoms with Gasteiger partial charge < -0.3 is 10.6 Å². The molecule has 0 unspecified atom stereocenters. The molecule has 116 valence electrons. The Bertz CT molecular complexity index is 653. The van der Waals surface area contributed by atoms with Crippen LogP contribution in [0.1, 0.15) is 12.5 Å². The van der Waals surface area contributed by atoms with Crippen LogP contribution in [0.5, 0.6) is 0 Å². The molecule has 1 amide bonds. The zero-order valence-corrected chi connectivity index (χ0v) is 13.3. The monoisotopic (exact) mass is 312 g/mol. The Morgan fingerprint density at radius 3 is 2.48 bits per heavy atom. The molecule has 0 aliphatic heterocycles. The minimum absolute atomic E-state index is 0.0422. The van der Waals surface area contributed by atoms with E-state index in [0.717, 1.165) is 9.87 Å². The molecule has 8 heteroatoms. The van der Waals surface area contributed by atoms with E-state index in [9.17, 15) is 13.2 Å². The molecule has 0 aliphatic rings. The van der Waals surface area contributed by atoms with Gasteiger partial charge in [-0.25, -0.2) is 12.7 Å². The smallest absolute Gasteiger partial charge is 0.243 e. The summed E-state index contributed by atoms with van der Waals surface area (Å²) in [6, 6.07) is 4.57. The van der Waals surface area contributed by atoms with Crippen molar-refractivity contribution >= 4 is 27.5 Å². The quantitative estimate of drug-likeness (QED) is 0.552. The fourth-order valence-corrected chi connectivity index (χ4v) is 2.44. The van der Waals surface area contributed by atoms with Gasteiger partial charge in [-0.3, -0.25) is 10.2 Å². The highest BCUT2D eigenvalue weighted by molar-refractivity contribution is 7.89. The molecule has 3 N–H and O–H groups in total. The summed E-state index contributed by atoms with van der Waals surface area (Å²) in [6.45, 7) is 3.26. The third kappa shape index (κ3) is 4.54. The lowest BCUT2D eigenvalue weighted by atomic mass is 10.2. The molecule has 0 heterocycles. The highest BCUT2D eigenvalue weighted by Crippen LogP contribution is 2.21. The first-order valence-corrected chi connectivity index (χ1v) is 7.70. The number of carbonyl (C=O) groups is 1. The van der Waals surface area contributed by atoms with Gasteiger partial charge in [-0.1, -0.05) is 6.07 Å². The molecule has 0 spiro atoms. The summed E-state index contributed by atoms with van der Waals surface area (Å²) in [4.78, 5) is 11.8. The van der Waals surface area contributed by atoms with Crippen molar-refractivity contribution in [2.45, 2.75) is 18.7 Å². The van der Waals surface area contributed by atoms with Crippen molar-refractivity contribution < 1.29 is 13.2 Å². The van der Waals surface area contributed by atoms with Crippen molar-refractivity contribution in [1.29, 1.82) is 5.41 Å². The van der Waals surface area contributed by atoms with Gasteiger partial charge >= 0.3 is 0 Å². The van der Waals surface area contributed by atoms with Crippen molar-refractivity contribution in [1.82, 2.24) is 9.62 Å². The molecule has 0 aliphatic carbocycles. The zero-order chi connectivity index (χ0) is 16.2. The summed E-state index contributed by atoms with van der Waals surface area (Å²) in [6.07, 6.45) is 0. The Morgan fingerprint density at radius 1 is 1.33 bits per heavy atom. The van der Waals surface area contributed by atoms with Gasteiger partial charge in [-0.2, -0.15) is 0 Å². The molecule has 1 rings (SSSR count). The Morgan fingerprint density at radius 2 is 1.95 bits per heavy atom. The molecule has 0 fully saturated rings. The Kier molecular flexibility index (Phi) is 5.45. The number of rotatable bonds is 5. The first-order chi connectivity index (χ1) is 9.64. The van der Waals surface area contributed by atoms with E-state index < -0.39 is 10.0 Å². The van der Waals surface area contributed by atoms with Gasteiger partial charge in [-0.15, -0.1) is 0 Å². The predicted molar refractivity (Wildman–Crippen MR) is 82.1 cm³/mol. The Labute approximate surface area is 124 Å². The van der Waals surface area contributed by atoms with Crippen LogP contribution in [0.25, 0.3) is 0 Å². The first kappa shape index (κ1) is 17.1. The third-order valence-electron chi connectivity index (χ3n) is 2.78. The minimum atomic E-state index is -3.55. The number of hydrogen-bond acceptors (Lipinski definition) is 4. The van der Waals surface area contributed by atoms with Crippen LogP contribution in [0, 0.1) is 12.3 Å². The van der Waals surface area contributed by atoms with E-state index >= 15 is 0 Å². The maximum Gasteiger partial charge on any atom is 0.243 e. The summed E-state index contributed by atoms with van der Waals surface area (Å²) < 4.78 is 25.3. The van der Waals surface area contributed by atoms with Crippen molar-refractivity contribution in [2.75, 3.05) is 26.0 Å². The fraction of sp³-hybridized carbons (Fsp3) is 0.385. The maximum atomic E-state index is 12.1. The molecular weight excluding hydrogens is 292 g/mol. The number of hydrogen-bond donors (Lipinski definition) is 3. The molecule has 0 saturated heterocycles. The molecule has 0 bridgehead atoms. The molecule has 7 nitrogen and oxygen atoms in total. The third-order valence-corrected chi connectivity index (χ3v) is 4.59. The molecule has 0 saturated carbocycles. The second-order valence-corrected chi connectivity index (χ2v) is 6.94. The second-order valence-electron chi connectivity index (χ2n) is 4.79. The van der Waals surface area contributed by atoms with Crippen molar-refractivity contribution in [2.24, 2.45) is 0 Å². The van der Waals surface area contributed by atoms with Gasteiger partial charge in [0.25, 0.3) is 0 Å². The number of sulfonamides is 1. The van der Waals surface area contributed by atoms with Gasteiger partial charge in [0.1, 0.15) is 0 Å². The van der Waals surface area contributed by atoms with Crippen LogP contribution in [0.3, 0.4) is 0 Å². The van der Waals surface area contributed by atoms with Crippen LogP contribution in [0.15, 0.2) is 23.1 Å². The van der Waals surface area contributed by atoms with Crippen LogP contribution in [-0.4, -0.2) is 45.1 Å². The van der Waals surface area contributed by atoms with E-state index in [2.05, 4.69) is 10.6 Å². The Balaban J connectivity index is 2.99. The second kappa shape index (κ2) is 6.68. The fourth-order valence-electron chi connectivity index (χ4n) is 1.51. The predicted octanol–water partition coefficient (Wildman–Crippen LogP) is 0.771. The number of amidine groups is 1. The molecule has 0 radical (unpaired) electrons. The van der Waals surface area contributed by atoms with Crippen LogP contribution in [0.2, 0.25) is 0 Å². The summed E-state index contributed by atoms with van der Waals surface area (Å²) in [5.41, 5.74) is 1.19. The zero-order valence-electron chi connectivity index (χ0n) is 12.5. The molecule has 0 atom stereocenters. The van der Waals surface area contributed by atoms with E-state index in [1.54, 1.807) is 13.0 Å². The first-order valence-electron chi connectivity index (χ1n) is 6.26. The maximum absolute atomic E-state index is 12.1. The molecule has 0 aromatic heterocycles. The summed E-state index contributed by atoms with van der Waals surface area (Å²) in [5.74, 6) is -0.157. The van der Waals surface area contributed by atoms with Gasteiger partial charge in [0.15, 0.2) is 0 Å². The van der Waals surface area contributed by atoms with Gasteiger partial charge in [0.05, 0.1) is 17.3 Å². The number of benzene rings is 1. The molecule has 1 aromatic carbocycles. The van der Waals surface area contributed by atoms with Crippen molar-refractivity contribution in [3.05, 3.63) is 23.8 Å². The van der Waals surface area contributed by atoms with Crippen LogP contribution in [-0.2, 0) is 14.8 Å². The average Bonchev–Trinajstić information content (AvgIpc) is 2.38. The highest BCUT2D eigenvalue weighted by atomic mass is 32.2. The van der Waals surface area contributed by atoms with E-state index in [0.29, 0.717) is 5.69 Å². The summed E-state index contributed by atoms with van der Waals surface area (Å²) in [5, 5.41) is 12.4. The SMILES string of the molecule is CC(=N)NCC(=O)Nc1cc(S(=O)(=O)N(C)C)ccc1C. The van der Waals surface area contributed by atoms with E-state index in [-0.39, 0.29) is 23.2 Å². The molecule has 1 aromatic rings. The number of anilines is 1. The summed E-state index contributed by atoms with van der Waals surface area (Å²) >= 11 is 0. The lowest BCUT2D eigenvalue weighted by Gasteiger charge is -2.14. The standard InChI is InChI=1S/C13H20N4O3S/c1-9-5-6-11(21(19,20)17(3)4)7-12(9)16-13(18)8-15-10(2)14/h5-7H,8H2,1-4H3,(H2,14,15)(H,16,18). The molecule has 21 heavy (non-hydrogen) atoms. The normalized spacial score (nSPS) is 11.3. The number of carbonyl (C=O) groups excluding carboxylic acids is 1. The summed E-state index contributed by atoms with van der Waals surface area (Å²) in [7, 11) is -0.648. The molecular formula is C13H20N4O3S. The largest absolute Gasteiger partial charge is 0.365 e. The van der Waals surface area contributed by atoms with Gasteiger partial charge in [0.2, 0.25) is 15.9 Å². The van der Waals surface area contributed by atoms with Gasteiger partial charge in [-0.05, 0) is 31.5 Å². The van der Waals surface area contributed by atoms with Crippen LogP contribution >= 0.6 is 0 Å². The number of nitrogens with one attached hydrogen (secondary N) is 3. The van der Waals surface area contributed by atoms with E-state index in [1.165, 1.54) is 33.2 Å². The van der Waals surface area contributed by atoms with E-state index in [1.807, 2.05) is 0 Å². The lowest BCUT2D eigenvalue weighted by molar-refractivity contribution is -0.115. The number of amides is 1. The van der Waals surface area contributed by atoms with E-state index in [4.69, 9.17) is 5.41 Å². The minimum Gasteiger partial charge on any atom is -0.365 e. The lowest BCUT2D eigenvalue weighted by Crippen LogP contribution is -2.31. The highest BCUT2D eigenvalue weighted by Gasteiger charge is 2.18. The van der Waals surface area contributed by atoms with Crippen LogP contribution < -0.4 is 10.6 Å². The van der Waals surface area contributed by atoms with Crippen LogP contribution in [0.4, 0.5) is 5.69 Å². The topological polar surface area (TPSA) is 102 Å². The average molecular weight is 312 g/mol. The Hall–Kier alpha value is -1.93. The number of nitrogens with zero attached hydrogens (tertiary/aromatic N) is 1. The van der Waals surface area contributed by atoms with Crippen molar-refractivity contribution in [3.8, 4) is 0 Å².